The summed E-state index contributed by atoms with van der Waals surface area (Å²) >= 11 is 0. The molecule has 0 radical (unpaired) electrons. The smallest absolute Gasteiger partial charge is 0.335 e. The van der Waals surface area contributed by atoms with Gasteiger partial charge in [0.15, 0.2) is 0 Å². The number of carboxylic acid groups (broad SMARTS) is 1. The van der Waals surface area contributed by atoms with Gasteiger partial charge in [0.05, 0.1) is 5.56 Å². The van der Waals surface area contributed by atoms with Gasteiger partial charge in [-0.2, -0.15) is 0 Å². The van der Waals surface area contributed by atoms with Crippen LogP contribution in [0.2, 0.25) is 0 Å². The minimum Gasteiger partial charge on any atom is -0.478 e. The molecule has 0 heterocycles. The summed E-state index contributed by atoms with van der Waals surface area (Å²) in [5.41, 5.74) is 1.22. The van der Waals surface area contributed by atoms with E-state index in [0.717, 1.165) is 5.69 Å². The van der Waals surface area contributed by atoms with Gasteiger partial charge in [-0.3, -0.25) is 0 Å². The lowest BCUT2D eigenvalue weighted by molar-refractivity contribution is 0.0697. The molecule has 0 spiro atoms. The van der Waals surface area contributed by atoms with Gasteiger partial charge in [0.25, 0.3) is 0 Å². The molecule has 0 aliphatic carbocycles. The van der Waals surface area contributed by atoms with Crippen molar-refractivity contribution in [3.05, 3.63) is 29.8 Å². The Hall–Kier alpha value is -1.51. The monoisotopic (exact) mass is 197 g/mol. The lowest BCUT2D eigenvalue weighted by Crippen LogP contribution is -1.96. The van der Waals surface area contributed by atoms with Crippen LogP contribution in [0.3, 0.4) is 0 Å². The SMILES string of the molecule is CCC.CNc1ccc(C(=O)O)cc1.[HH]. The molecule has 14 heavy (non-hydrogen) atoms. The summed E-state index contributed by atoms with van der Waals surface area (Å²) < 4.78 is 0. The highest BCUT2D eigenvalue weighted by atomic mass is 16.4. The second-order valence-corrected chi connectivity index (χ2v) is 2.84. The molecule has 1 aromatic rings. The lowest BCUT2D eigenvalue weighted by atomic mass is 10.2. The van der Waals surface area contributed by atoms with Gasteiger partial charge in [-0.25, -0.2) is 4.79 Å². The van der Waals surface area contributed by atoms with Crippen molar-refractivity contribution in [2.24, 2.45) is 0 Å². The van der Waals surface area contributed by atoms with Crippen LogP contribution in [0.5, 0.6) is 0 Å². The Balaban J connectivity index is 0. The van der Waals surface area contributed by atoms with Crippen LogP contribution in [-0.4, -0.2) is 18.1 Å². The molecule has 0 amide bonds. The molecule has 0 bridgehead atoms. The van der Waals surface area contributed by atoms with Gasteiger partial charge >= 0.3 is 5.97 Å². The summed E-state index contributed by atoms with van der Waals surface area (Å²) in [5, 5.41) is 11.4. The molecule has 0 unspecified atom stereocenters. The average molecular weight is 197 g/mol. The summed E-state index contributed by atoms with van der Waals surface area (Å²) in [6.07, 6.45) is 1.25. The third-order valence-corrected chi connectivity index (χ3v) is 1.42. The fraction of sp³-hybridized carbons (Fsp3) is 0.364. The molecular formula is C11H19NO2. The summed E-state index contributed by atoms with van der Waals surface area (Å²) in [5.74, 6) is -0.896. The zero-order valence-corrected chi connectivity index (χ0v) is 8.87. The van der Waals surface area contributed by atoms with Crippen LogP contribution < -0.4 is 5.32 Å². The lowest BCUT2D eigenvalue weighted by Gasteiger charge is -1.98. The number of nitrogens with one attached hydrogen (secondary N) is 1. The van der Waals surface area contributed by atoms with Crippen LogP contribution in [0.15, 0.2) is 24.3 Å². The molecule has 0 aromatic heterocycles. The molecule has 0 saturated heterocycles. The third kappa shape index (κ3) is 4.50. The zero-order chi connectivity index (χ0) is 11.0. The Kier molecular flexibility index (Phi) is 6.20. The number of hydrogen-bond acceptors (Lipinski definition) is 2. The molecule has 0 fully saturated rings. The van der Waals surface area contributed by atoms with Crippen LogP contribution in [0.4, 0.5) is 5.69 Å². The minimum absolute atomic E-state index is 0. The predicted octanol–water partition coefficient (Wildman–Crippen LogP) is 3.09. The Labute approximate surface area is 86.3 Å². The fourth-order valence-corrected chi connectivity index (χ4v) is 0.779. The molecule has 1 rings (SSSR count). The van der Waals surface area contributed by atoms with Crippen molar-refractivity contribution in [1.29, 1.82) is 0 Å². The van der Waals surface area contributed by atoms with Crippen LogP contribution in [0, 0.1) is 0 Å². The molecule has 0 atom stereocenters. The van der Waals surface area contributed by atoms with Gasteiger partial charge in [0.2, 0.25) is 0 Å². The number of carboxylic acids is 1. The van der Waals surface area contributed by atoms with E-state index in [1.54, 1.807) is 31.3 Å². The molecule has 3 heteroatoms. The van der Waals surface area contributed by atoms with Crippen molar-refractivity contribution < 1.29 is 11.3 Å². The number of hydrogen-bond donors (Lipinski definition) is 2. The number of benzene rings is 1. The van der Waals surface area contributed by atoms with Gasteiger partial charge in [-0.1, -0.05) is 20.3 Å². The van der Waals surface area contributed by atoms with Crippen LogP contribution in [0.25, 0.3) is 0 Å². The zero-order valence-electron chi connectivity index (χ0n) is 8.87. The quantitative estimate of drug-likeness (QED) is 0.766. The van der Waals surface area contributed by atoms with E-state index in [-0.39, 0.29) is 1.43 Å². The Morgan fingerprint density at radius 2 is 1.79 bits per heavy atom. The maximum Gasteiger partial charge on any atom is 0.335 e. The molecule has 0 aliphatic heterocycles. The fourth-order valence-electron chi connectivity index (χ4n) is 0.779. The maximum absolute atomic E-state index is 10.4. The second kappa shape index (κ2) is 6.95. The molecule has 80 valence electrons. The van der Waals surface area contributed by atoms with Crippen molar-refractivity contribution in [2.45, 2.75) is 20.3 Å². The number of carbonyl (C=O) groups is 1. The van der Waals surface area contributed by atoms with Crippen molar-refractivity contribution in [1.82, 2.24) is 0 Å². The van der Waals surface area contributed by atoms with Gasteiger partial charge in [-0.15, -0.1) is 0 Å². The van der Waals surface area contributed by atoms with E-state index < -0.39 is 5.97 Å². The van der Waals surface area contributed by atoms with Crippen molar-refractivity contribution in [2.75, 3.05) is 12.4 Å². The van der Waals surface area contributed by atoms with E-state index in [9.17, 15) is 4.79 Å². The third-order valence-electron chi connectivity index (χ3n) is 1.42. The highest BCUT2D eigenvalue weighted by Crippen LogP contribution is 2.07. The average Bonchev–Trinajstić information content (AvgIpc) is 2.19. The van der Waals surface area contributed by atoms with Crippen LogP contribution >= 0.6 is 0 Å². The summed E-state index contributed by atoms with van der Waals surface area (Å²) in [7, 11) is 1.79. The normalized spacial score (nSPS) is 8.50. The largest absolute Gasteiger partial charge is 0.478 e. The Morgan fingerprint density at radius 1 is 1.36 bits per heavy atom. The summed E-state index contributed by atoms with van der Waals surface area (Å²) in [6, 6.07) is 6.58. The van der Waals surface area contributed by atoms with E-state index in [0.29, 0.717) is 5.56 Å². The van der Waals surface area contributed by atoms with Crippen molar-refractivity contribution in [3.63, 3.8) is 0 Å². The first-order valence-corrected chi connectivity index (χ1v) is 4.66. The van der Waals surface area contributed by atoms with Crippen LogP contribution in [-0.2, 0) is 0 Å². The molecule has 3 nitrogen and oxygen atoms in total. The molecule has 0 aliphatic rings. The van der Waals surface area contributed by atoms with Gasteiger partial charge in [0.1, 0.15) is 0 Å². The second-order valence-electron chi connectivity index (χ2n) is 2.84. The van der Waals surface area contributed by atoms with Crippen molar-refractivity contribution >= 4 is 11.7 Å². The maximum atomic E-state index is 10.4. The Bertz CT molecular complexity index is 272. The van der Waals surface area contributed by atoms with E-state index in [1.165, 1.54) is 6.42 Å². The highest BCUT2D eigenvalue weighted by molar-refractivity contribution is 5.87. The Morgan fingerprint density at radius 3 is 2.07 bits per heavy atom. The molecular weight excluding hydrogens is 178 g/mol. The highest BCUT2D eigenvalue weighted by Gasteiger charge is 1.99. The van der Waals surface area contributed by atoms with Crippen molar-refractivity contribution in [3.8, 4) is 0 Å². The van der Waals surface area contributed by atoms with Gasteiger partial charge in [0, 0.05) is 14.2 Å². The van der Waals surface area contributed by atoms with Gasteiger partial charge < -0.3 is 10.4 Å². The van der Waals surface area contributed by atoms with E-state index >= 15 is 0 Å². The first-order chi connectivity index (χ1) is 6.65. The number of anilines is 1. The first kappa shape index (κ1) is 12.5. The van der Waals surface area contributed by atoms with E-state index in [1.807, 2.05) is 0 Å². The minimum atomic E-state index is -0.896. The summed E-state index contributed by atoms with van der Waals surface area (Å²) in [4.78, 5) is 10.4. The topological polar surface area (TPSA) is 49.3 Å². The van der Waals surface area contributed by atoms with Crippen LogP contribution in [0.1, 0.15) is 32.1 Å². The van der Waals surface area contributed by atoms with E-state index in [2.05, 4.69) is 19.2 Å². The molecule has 1 aromatic carbocycles. The molecule has 2 N–H and O–H groups in total. The number of rotatable bonds is 2. The van der Waals surface area contributed by atoms with E-state index in [4.69, 9.17) is 5.11 Å². The standard InChI is InChI=1S/C8H9NO2.C3H8.H2/c1-9-7-4-2-6(3-5-7)8(10)11;1-3-2;/h2-5,9H,1H3,(H,10,11);3H2,1-2H3;1H. The first-order valence-electron chi connectivity index (χ1n) is 4.66. The molecule has 0 saturated carbocycles. The predicted molar refractivity (Wildman–Crippen MR) is 61.0 cm³/mol. The van der Waals surface area contributed by atoms with Gasteiger partial charge in [-0.05, 0) is 24.3 Å². The number of aromatic carboxylic acids is 1. The summed E-state index contributed by atoms with van der Waals surface area (Å²) in [6.45, 7) is 4.25.